The van der Waals surface area contributed by atoms with Crippen molar-refractivity contribution >= 4 is 28.6 Å². The molecule has 1 atom stereocenters. The van der Waals surface area contributed by atoms with Gasteiger partial charge in [-0.1, -0.05) is 37.6 Å². The lowest BCUT2D eigenvalue weighted by atomic mass is 9.96. The van der Waals surface area contributed by atoms with E-state index >= 15 is 0 Å². The van der Waals surface area contributed by atoms with Crippen LogP contribution in [-0.4, -0.2) is 10.5 Å². The summed E-state index contributed by atoms with van der Waals surface area (Å²) in [6.07, 6.45) is 0.113. The van der Waals surface area contributed by atoms with Crippen molar-refractivity contribution in [3.63, 3.8) is 0 Å². The number of oxazole rings is 1. The molecule has 0 radical (unpaired) electrons. The van der Waals surface area contributed by atoms with Crippen molar-refractivity contribution in [2.45, 2.75) is 32.9 Å². The van der Waals surface area contributed by atoms with E-state index in [1.54, 1.807) is 30.3 Å². The number of aryl methyl sites for hydroxylation is 1. The number of halogens is 2. The Morgan fingerprint density at radius 3 is 2.59 bits per heavy atom. The highest BCUT2D eigenvalue weighted by molar-refractivity contribution is 6.31. The van der Waals surface area contributed by atoms with E-state index in [1.165, 1.54) is 16.7 Å². The first-order valence-electron chi connectivity index (χ1n) is 8.69. The average molecular weight is 391 g/mol. The molecule has 0 saturated carbocycles. The highest BCUT2D eigenvalue weighted by atomic mass is 35.5. The molecule has 1 heterocycles. The Balaban J connectivity index is 1.71. The number of aromatic nitrogens is 1. The van der Waals surface area contributed by atoms with E-state index < -0.39 is 5.76 Å². The topological polar surface area (TPSA) is 64.2 Å². The Labute approximate surface area is 160 Å². The van der Waals surface area contributed by atoms with Crippen molar-refractivity contribution < 1.29 is 13.6 Å². The second-order valence-electron chi connectivity index (χ2n) is 6.72. The predicted molar refractivity (Wildman–Crippen MR) is 102 cm³/mol. The van der Waals surface area contributed by atoms with E-state index in [0.717, 1.165) is 5.56 Å². The molecule has 7 heteroatoms. The van der Waals surface area contributed by atoms with E-state index in [-0.39, 0.29) is 36.6 Å². The number of hydrogen-bond acceptors (Lipinski definition) is 3. The molecule has 27 heavy (non-hydrogen) atoms. The third kappa shape index (κ3) is 4.39. The third-order valence-corrected chi connectivity index (χ3v) is 4.64. The van der Waals surface area contributed by atoms with Crippen LogP contribution in [-0.2, 0) is 11.3 Å². The number of nitrogens with zero attached hydrogens (tertiary/aromatic N) is 1. The fourth-order valence-electron chi connectivity index (χ4n) is 3.02. The summed E-state index contributed by atoms with van der Waals surface area (Å²) in [5.41, 5.74) is 1.82. The second-order valence-corrected chi connectivity index (χ2v) is 7.16. The van der Waals surface area contributed by atoms with Gasteiger partial charge in [0.2, 0.25) is 5.91 Å². The number of nitrogens with one attached hydrogen (secondary N) is 1. The minimum Gasteiger partial charge on any atom is -0.408 e. The van der Waals surface area contributed by atoms with E-state index in [9.17, 15) is 14.0 Å². The zero-order valence-corrected chi connectivity index (χ0v) is 15.8. The van der Waals surface area contributed by atoms with E-state index in [2.05, 4.69) is 5.32 Å². The predicted octanol–water partition coefficient (Wildman–Crippen LogP) is 4.29. The SMILES string of the molecule is CC(C)C(NC(=O)CCn1c(=O)oc2cc(Cl)ccc21)c1ccc(F)cc1. The van der Waals surface area contributed by atoms with Crippen molar-refractivity contribution in [1.29, 1.82) is 0 Å². The number of benzene rings is 2. The summed E-state index contributed by atoms with van der Waals surface area (Å²) in [4.78, 5) is 24.5. The molecule has 5 nitrogen and oxygen atoms in total. The van der Waals surface area contributed by atoms with Crippen LogP contribution >= 0.6 is 11.6 Å². The van der Waals surface area contributed by atoms with E-state index in [1.807, 2.05) is 13.8 Å². The number of fused-ring (bicyclic) bond motifs is 1. The smallest absolute Gasteiger partial charge is 0.408 e. The molecule has 3 rings (SSSR count). The molecule has 0 saturated heterocycles. The molecule has 2 aromatic carbocycles. The van der Waals surface area contributed by atoms with Gasteiger partial charge in [0, 0.05) is 24.1 Å². The van der Waals surface area contributed by atoms with Crippen molar-refractivity contribution in [2.24, 2.45) is 5.92 Å². The van der Waals surface area contributed by atoms with Crippen LogP contribution in [0, 0.1) is 11.7 Å². The molecule has 0 aliphatic rings. The summed E-state index contributed by atoms with van der Waals surface area (Å²) in [7, 11) is 0. The summed E-state index contributed by atoms with van der Waals surface area (Å²) in [5, 5.41) is 3.44. The number of carbonyl (C=O) groups excluding carboxylic acids is 1. The number of rotatable bonds is 6. The van der Waals surface area contributed by atoms with Crippen LogP contribution < -0.4 is 11.1 Å². The summed E-state index contributed by atoms with van der Waals surface area (Å²) in [6.45, 7) is 4.14. The number of amides is 1. The van der Waals surface area contributed by atoms with Gasteiger partial charge in [0.05, 0.1) is 11.6 Å². The van der Waals surface area contributed by atoms with Gasteiger partial charge in [-0.25, -0.2) is 9.18 Å². The molecule has 0 spiro atoms. The van der Waals surface area contributed by atoms with Crippen LogP contribution in [0.4, 0.5) is 4.39 Å². The summed E-state index contributed by atoms with van der Waals surface area (Å²) >= 11 is 5.90. The highest BCUT2D eigenvalue weighted by Gasteiger charge is 2.19. The molecule has 1 amide bonds. The van der Waals surface area contributed by atoms with Crippen LogP contribution in [0.3, 0.4) is 0 Å². The molecule has 3 aromatic rings. The zero-order chi connectivity index (χ0) is 19.6. The normalized spacial score (nSPS) is 12.5. The Morgan fingerprint density at radius 1 is 1.22 bits per heavy atom. The first-order chi connectivity index (χ1) is 12.8. The molecule has 1 N–H and O–H groups in total. The molecule has 0 aliphatic carbocycles. The largest absolute Gasteiger partial charge is 0.419 e. The molecular weight excluding hydrogens is 371 g/mol. The quantitative estimate of drug-likeness (QED) is 0.682. The Morgan fingerprint density at radius 2 is 1.93 bits per heavy atom. The first-order valence-corrected chi connectivity index (χ1v) is 9.06. The van der Waals surface area contributed by atoms with Crippen molar-refractivity contribution in [2.75, 3.05) is 0 Å². The molecule has 1 aromatic heterocycles. The molecule has 142 valence electrons. The minimum absolute atomic E-state index is 0.113. The maximum atomic E-state index is 13.1. The van der Waals surface area contributed by atoms with Gasteiger partial charge in [-0.05, 0) is 35.7 Å². The lowest BCUT2D eigenvalue weighted by Gasteiger charge is -2.23. The van der Waals surface area contributed by atoms with Gasteiger partial charge in [0.25, 0.3) is 0 Å². The van der Waals surface area contributed by atoms with Gasteiger partial charge < -0.3 is 9.73 Å². The fraction of sp³-hybridized carbons (Fsp3) is 0.300. The van der Waals surface area contributed by atoms with Gasteiger partial charge in [0.15, 0.2) is 5.58 Å². The maximum absolute atomic E-state index is 13.1. The van der Waals surface area contributed by atoms with Crippen molar-refractivity contribution in [3.05, 3.63) is 69.4 Å². The van der Waals surface area contributed by atoms with Gasteiger partial charge >= 0.3 is 5.76 Å². The zero-order valence-electron chi connectivity index (χ0n) is 15.0. The molecule has 0 aliphatic heterocycles. The van der Waals surface area contributed by atoms with Crippen LogP contribution in [0.5, 0.6) is 0 Å². The van der Waals surface area contributed by atoms with Crippen LogP contribution in [0.1, 0.15) is 31.9 Å². The maximum Gasteiger partial charge on any atom is 0.419 e. The molecule has 1 unspecified atom stereocenters. The highest BCUT2D eigenvalue weighted by Crippen LogP contribution is 2.22. The Bertz CT molecular complexity index is 1010. The first kappa shape index (κ1) is 19.2. The van der Waals surface area contributed by atoms with Crippen molar-refractivity contribution in [3.8, 4) is 0 Å². The Kier molecular flexibility index (Phi) is 5.65. The van der Waals surface area contributed by atoms with Crippen LogP contribution in [0.15, 0.2) is 51.7 Å². The number of carbonyl (C=O) groups is 1. The fourth-order valence-corrected chi connectivity index (χ4v) is 3.18. The van der Waals surface area contributed by atoms with Gasteiger partial charge in [0.1, 0.15) is 5.82 Å². The van der Waals surface area contributed by atoms with Gasteiger partial charge in [-0.15, -0.1) is 0 Å². The van der Waals surface area contributed by atoms with E-state index in [0.29, 0.717) is 16.1 Å². The van der Waals surface area contributed by atoms with Gasteiger partial charge in [-0.3, -0.25) is 9.36 Å². The molecular formula is C20H20ClFN2O3. The average Bonchev–Trinajstić information content (AvgIpc) is 2.92. The van der Waals surface area contributed by atoms with Crippen molar-refractivity contribution in [1.82, 2.24) is 9.88 Å². The third-order valence-electron chi connectivity index (χ3n) is 4.41. The van der Waals surface area contributed by atoms with E-state index in [4.69, 9.17) is 16.0 Å². The summed E-state index contributed by atoms with van der Waals surface area (Å²) < 4.78 is 19.7. The molecule has 0 bridgehead atoms. The lowest BCUT2D eigenvalue weighted by molar-refractivity contribution is -0.122. The second kappa shape index (κ2) is 7.96. The van der Waals surface area contributed by atoms with Crippen LogP contribution in [0.25, 0.3) is 11.1 Å². The Hall–Kier alpha value is -2.60. The lowest BCUT2D eigenvalue weighted by Crippen LogP contribution is -2.32. The van der Waals surface area contributed by atoms with Crippen LogP contribution in [0.2, 0.25) is 5.02 Å². The summed E-state index contributed by atoms with van der Waals surface area (Å²) in [6, 6.07) is 10.8. The minimum atomic E-state index is -0.529. The monoisotopic (exact) mass is 390 g/mol. The number of hydrogen-bond donors (Lipinski definition) is 1. The standard InChI is InChI=1S/C20H20ClFN2O3/c1-12(2)19(13-3-6-15(22)7-4-13)23-18(25)9-10-24-16-8-5-14(21)11-17(16)27-20(24)26/h3-8,11-12,19H,9-10H2,1-2H3,(H,23,25). The summed E-state index contributed by atoms with van der Waals surface area (Å²) in [5.74, 6) is -0.926. The van der Waals surface area contributed by atoms with Gasteiger partial charge in [-0.2, -0.15) is 0 Å². The molecule has 0 fully saturated rings.